The van der Waals surface area contributed by atoms with Gasteiger partial charge in [-0.3, -0.25) is 10.2 Å². The number of ketones is 1. The van der Waals surface area contributed by atoms with Gasteiger partial charge < -0.3 is 0 Å². The van der Waals surface area contributed by atoms with Gasteiger partial charge in [-0.15, -0.1) is 0 Å². The number of hydrazine groups is 1. The third kappa shape index (κ3) is 3.51. The summed E-state index contributed by atoms with van der Waals surface area (Å²) < 4.78 is 0. The number of nitriles is 1. The summed E-state index contributed by atoms with van der Waals surface area (Å²) in [5.74, 6) is -0.365. The number of nitrogens with one attached hydrogen (secondary N) is 2. The van der Waals surface area contributed by atoms with Crippen LogP contribution in [0.4, 0.5) is 0 Å². The van der Waals surface area contributed by atoms with Crippen LogP contribution in [0, 0.1) is 11.3 Å². The van der Waals surface area contributed by atoms with E-state index in [0.717, 1.165) is 5.56 Å². The van der Waals surface area contributed by atoms with Gasteiger partial charge >= 0.3 is 0 Å². The van der Waals surface area contributed by atoms with Crippen molar-refractivity contribution in [3.63, 3.8) is 0 Å². The molecule has 3 unspecified atom stereocenters. The molecular formula is C19H18ClN5O. The van der Waals surface area contributed by atoms with Crippen LogP contribution in [0.15, 0.2) is 64.8 Å². The molecule has 3 atom stereocenters. The van der Waals surface area contributed by atoms with Crippen molar-refractivity contribution in [2.45, 2.75) is 24.5 Å². The molecule has 0 spiro atoms. The molecule has 1 saturated heterocycles. The molecule has 3 rings (SSSR count). The van der Waals surface area contributed by atoms with Crippen molar-refractivity contribution in [2.75, 3.05) is 6.54 Å². The van der Waals surface area contributed by atoms with Crippen LogP contribution in [-0.4, -0.2) is 18.5 Å². The number of carbonyl (C=O) groups excluding carboxylic acids is 1. The molecule has 2 aromatic carbocycles. The Hall–Kier alpha value is -2.59. The van der Waals surface area contributed by atoms with E-state index in [1.165, 1.54) is 6.92 Å². The minimum Gasteiger partial charge on any atom is -0.296 e. The number of carbonyl (C=O) groups is 1. The summed E-state index contributed by atoms with van der Waals surface area (Å²) in [6.07, 6.45) is -0.386. The second kappa shape index (κ2) is 7.75. The predicted molar refractivity (Wildman–Crippen MR) is 98.4 cm³/mol. The molecule has 7 heteroatoms. The van der Waals surface area contributed by atoms with Crippen molar-refractivity contribution < 1.29 is 4.79 Å². The lowest BCUT2D eigenvalue weighted by Gasteiger charge is -2.20. The summed E-state index contributed by atoms with van der Waals surface area (Å²) in [7, 11) is 0. The van der Waals surface area contributed by atoms with E-state index in [4.69, 9.17) is 11.6 Å². The summed E-state index contributed by atoms with van der Waals surface area (Å²) in [6.45, 7) is 2.00. The van der Waals surface area contributed by atoms with E-state index in [2.05, 4.69) is 21.1 Å². The van der Waals surface area contributed by atoms with Crippen molar-refractivity contribution in [3.8, 4) is 6.07 Å². The van der Waals surface area contributed by atoms with Gasteiger partial charge in [0.05, 0.1) is 0 Å². The van der Waals surface area contributed by atoms with Crippen LogP contribution in [0.3, 0.4) is 0 Å². The lowest BCUT2D eigenvalue weighted by molar-refractivity contribution is -0.120. The second-order valence-corrected chi connectivity index (χ2v) is 6.53. The SMILES string of the molecule is CC(=O)C(C#N)(N=NC1NNCC1c1ccccc1)c1cccc(Cl)c1. The summed E-state index contributed by atoms with van der Waals surface area (Å²) in [4.78, 5) is 12.3. The van der Waals surface area contributed by atoms with Crippen molar-refractivity contribution in [2.24, 2.45) is 10.2 Å². The highest BCUT2D eigenvalue weighted by Gasteiger charge is 2.39. The summed E-state index contributed by atoms with van der Waals surface area (Å²) in [6, 6.07) is 18.5. The molecule has 26 heavy (non-hydrogen) atoms. The van der Waals surface area contributed by atoms with E-state index < -0.39 is 11.3 Å². The lowest BCUT2D eigenvalue weighted by Crippen LogP contribution is -2.33. The molecule has 1 fully saturated rings. The summed E-state index contributed by atoms with van der Waals surface area (Å²) in [5.41, 5.74) is 5.90. The van der Waals surface area contributed by atoms with Gasteiger partial charge in [0.2, 0.25) is 5.54 Å². The van der Waals surface area contributed by atoms with Gasteiger partial charge in [-0.1, -0.05) is 54.1 Å². The van der Waals surface area contributed by atoms with Gasteiger partial charge in [0.1, 0.15) is 12.2 Å². The van der Waals surface area contributed by atoms with Crippen LogP contribution >= 0.6 is 11.6 Å². The first-order valence-corrected chi connectivity index (χ1v) is 8.58. The van der Waals surface area contributed by atoms with Crippen LogP contribution in [0.25, 0.3) is 0 Å². The largest absolute Gasteiger partial charge is 0.296 e. The van der Waals surface area contributed by atoms with Crippen LogP contribution in [-0.2, 0) is 10.3 Å². The predicted octanol–water partition coefficient (Wildman–Crippen LogP) is 3.32. The Morgan fingerprint density at radius 1 is 1.27 bits per heavy atom. The molecule has 1 aliphatic rings. The Labute approximate surface area is 156 Å². The fourth-order valence-electron chi connectivity index (χ4n) is 2.95. The third-order valence-electron chi connectivity index (χ3n) is 4.43. The average Bonchev–Trinajstić information content (AvgIpc) is 3.12. The van der Waals surface area contributed by atoms with Crippen molar-refractivity contribution in [3.05, 3.63) is 70.7 Å². The molecule has 1 aliphatic heterocycles. The monoisotopic (exact) mass is 367 g/mol. The Kier molecular flexibility index (Phi) is 5.43. The molecule has 2 aromatic rings. The maximum atomic E-state index is 12.3. The Morgan fingerprint density at radius 2 is 2.04 bits per heavy atom. The molecule has 132 valence electrons. The Balaban J connectivity index is 1.94. The molecule has 0 saturated carbocycles. The highest BCUT2D eigenvalue weighted by Crippen LogP contribution is 2.31. The highest BCUT2D eigenvalue weighted by atomic mass is 35.5. The zero-order valence-corrected chi connectivity index (χ0v) is 14.9. The van der Waals surface area contributed by atoms with Crippen molar-refractivity contribution in [1.29, 1.82) is 5.26 Å². The fraction of sp³-hybridized carbons (Fsp3) is 0.263. The standard InChI is InChI=1S/C19H18ClN5O/c1-13(26)19(12-21,15-8-5-9-16(20)10-15)25-24-18-17(11-22-23-18)14-6-3-2-4-7-14/h2-10,17-18,22-23H,11H2,1H3. The normalized spacial score (nSPS) is 22.0. The lowest BCUT2D eigenvalue weighted by atomic mass is 9.88. The van der Waals surface area contributed by atoms with Crippen LogP contribution in [0.2, 0.25) is 5.02 Å². The van der Waals surface area contributed by atoms with Crippen molar-refractivity contribution >= 4 is 17.4 Å². The van der Waals surface area contributed by atoms with Gasteiger partial charge in [-0.25, -0.2) is 5.43 Å². The molecule has 0 bridgehead atoms. The van der Waals surface area contributed by atoms with Gasteiger partial charge in [-0.05, 0) is 24.6 Å². The number of rotatable bonds is 5. The molecule has 0 amide bonds. The highest BCUT2D eigenvalue weighted by molar-refractivity contribution is 6.30. The number of benzene rings is 2. The first-order chi connectivity index (χ1) is 12.6. The summed E-state index contributed by atoms with van der Waals surface area (Å²) in [5, 5.41) is 18.7. The maximum absolute atomic E-state index is 12.3. The number of halogens is 1. The van der Waals surface area contributed by atoms with Crippen LogP contribution in [0.1, 0.15) is 24.0 Å². The van der Waals surface area contributed by atoms with E-state index in [1.54, 1.807) is 24.3 Å². The van der Waals surface area contributed by atoms with E-state index in [0.29, 0.717) is 17.1 Å². The van der Waals surface area contributed by atoms with Crippen molar-refractivity contribution in [1.82, 2.24) is 10.9 Å². The van der Waals surface area contributed by atoms with Crippen LogP contribution in [0.5, 0.6) is 0 Å². The van der Waals surface area contributed by atoms with Crippen LogP contribution < -0.4 is 10.9 Å². The van der Waals surface area contributed by atoms with Gasteiger partial charge in [0, 0.05) is 23.0 Å². The second-order valence-electron chi connectivity index (χ2n) is 6.09. The molecule has 0 radical (unpaired) electrons. The topological polar surface area (TPSA) is 89.6 Å². The van der Waals surface area contributed by atoms with E-state index in [9.17, 15) is 10.1 Å². The first-order valence-electron chi connectivity index (χ1n) is 8.20. The molecule has 6 nitrogen and oxygen atoms in total. The molecular weight excluding hydrogens is 350 g/mol. The first kappa shape index (κ1) is 18.2. The fourth-order valence-corrected chi connectivity index (χ4v) is 3.15. The zero-order chi connectivity index (χ0) is 18.6. The van der Waals surface area contributed by atoms with E-state index in [1.807, 2.05) is 36.4 Å². The van der Waals surface area contributed by atoms with E-state index >= 15 is 0 Å². The number of hydrogen-bond acceptors (Lipinski definition) is 6. The average molecular weight is 368 g/mol. The minimum absolute atomic E-state index is 0.0441. The Bertz CT molecular complexity index is 864. The van der Waals surface area contributed by atoms with Gasteiger partial charge in [0.15, 0.2) is 5.78 Å². The van der Waals surface area contributed by atoms with E-state index in [-0.39, 0.29) is 12.1 Å². The maximum Gasteiger partial charge on any atom is 0.249 e. The number of hydrogen-bond donors (Lipinski definition) is 2. The zero-order valence-electron chi connectivity index (χ0n) is 14.2. The molecule has 0 aromatic heterocycles. The smallest absolute Gasteiger partial charge is 0.249 e. The number of nitrogens with zero attached hydrogens (tertiary/aromatic N) is 3. The molecule has 2 N–H and O–H groups in total. The summed E-state index contributed by atoms with van der Waals surface area (Å²) >= 11 is 6.03. The third-order valence-corrected chi connectivity index (χ3v) is 4.66. The molecule has 1 heterocycles. The Morgan fingerprint density at radius 3 is 2.69 bits per heavy atom. The van der Waals surface area contributed by atoms with Gasteiger partial charge in [0.25, 0.3) is 0 Å². The van der Waals surface area contributed by atoms with Gasteiger partial charge in [-0.2, -0.15) is 15.5 Å². The number of azo groups is 1. The minimum atomic E-state index is -1.71. The quantitative estimate of drug-likeness (QED) is 0.793. The number of Topliss-reactive ketones (excluding diaryl/α,β-unsaturated/α-hetero) is 1. The molecule has 0 aliphatic carbocycles.